The summed E-state index contributed by atoms with van der Waals surface area (Å²) in [6.07, 6.45) is 1.50. The first-order chi connectivity index (χ1) is 5.27. The van der Waals surface area contributed by atoms with Gasteiger partial charge in [0.15, 0.2) is 5.65 Å². The predicted molar refractivity (Wildman–Crippen MR) is 38.0 cm³/mol. The normalized spacial score (nSPS) is 10.7. The first-order valence-electron chi connectivity index (χ1n) is 2.93. The van der Waals surface area contributed by atoms with Crippen LogP contribution in [0.3, 0.4) is 0 Å². The van der Waals surface area contributed by atoms with E-state index in [1.807, 2.05) is 0 Å². The molecule has 0 fully saturated rings. The molecule has 0 aliphatic rings. The van der Waals surface area contributed by atoms with Gasteiger partial charge in [-0.25, -0.2) is 9.50 Å². The van der Waals surface area contributed by atoms with Crippen molar-refractivity contribution in [3.63, 3.8) is 0 Å². The van der Waals surface area contributed by atoms with E-state index in [4.69, 9.17) is 11.6 Å². The Morgan fingerprint density at radius 1 is 1.55 bits per heavy atom. The second kappa shape index (κ2) is 2.17. The summed E-state index contributed by atoms with van der Waals surface area (Å²) in [5.74, 6) is -0.578. The van der Waals surface area contributed by atoms with Crippen LogP contribution >= 0.6 is 11.6 Å². The van der Waals surface area contributed by atoms with Crippen LogP contribution in [0.2, 0.25) is 5.15 Å². The Hall–Kier alpha value is -1.16. The van der Waals surface area contributed by atoms with Crippen molar-refractivity contribution in [1.82, 2.24) is 14.6 Å². The minimum Gasteiger partial charge on any atom is -0.237 e. The van der Waals surface area contributed by atoms with Crippen molar-refractivity contribution in [2.45, 2.75) is 0 Å². The van der Waals surface area contributed by atoms with Gasteiger partial charge in [-0.3, -0.25) is 0 Å². The van der Waals surface area contributed by atoms with E-state index in [-0.39, 0.29) is 0 Å². The smallest absolute Gasteiger partial charge is 0.235 e. The third-order valence-corrected chi connectivity index (χ3v) is 1.57. The Balaban J connectivity index is 2.90. The monoisotopic (exact) mass is 171 g/mol. The van der Waals surface area contributed by atoms with Gasteiger partial charge in [-0.15, -0.1) is 5.10 Å². The maximum absolute atomic E-state index is 12.5. The quantitative estimate of drug-likeness (QED) is 0.563. The van der Waals surface area contributed by atoms with Crippen LogP contribution in [0.25, 0.3) is 5.65 Å². The summed E-state index contributed by atoms with van der Waals surface area (Å²) in [6, 6.07) is 2.76. The summed E-state index contributed by atoms with van der Waals surface area (Å²) in [5.41, 5.74) is 0.412. The largest absolute Gasteiger partial charge is 0.237 e. The predicted octanol–water partition coefficient (Wildman–Crippen LogP) is 1.52. The highest BCUT2D eigenvalue weighted by Crippen LogP contribution is 2.09. The number of fused-ring (bicyclic) bond motifs is 1. The molecule has 0 aromatic carbocycles. The van der Waals surface area contributed by atoms with Crippen molar-refractivity contribution >= 4 is 17.2 Å². The minimum atomic E-state index is -0.578. The lowest BCUT2D eigenvalue weighted by molar-refractivity contribution is 0.571. The Kier molecular flexibility index (Phi) is 1.29. The summed E-state index contributed by atoms with van der Waals surface area (Å²) in [7, 11) is 0. The van der Waals surface area contributed by atoms with Crippen molar-refractivity contribution in [3.05, 3.63) is 29.4 Å². The standard InChI is InChI=1S/C6H3ClFN3/c7-4-1-2-9-6-3-5(8)10-11(4)6/h1-3H. The Bertz CT molecular complexity index is 398. The first kappa shape index (κ1) is 6.54. The van der Waals surface area contributed by atoms with Crippen molar-refractivity contribution < 1.29 is 4.39 Å². The van der Waals surface area contributed by atoms with Gasteiger partial charge >= 0.3 is 0 Å². The fourth-order valence-corrected chi connectivity index (χ4v) is 1.02. The molecule has 3 nitrogen and oxygen atoms in total. The van der Waals surface area contributed by atoms with Gasteiger partial charge in [0.25, 0.3) is 0 Å². The van der Waals surface area contributed by atoms with Gasteiger partial charge in [0.05, 0.1) is 0 Å². The molecule has 0 aliphatic carbocycles. The summed E-state index contributed by atoms with van der Waals surface area (Å²) in [5, 5.41) is 3.81. The Morgan fingerprint density at radius 3 is 3.09 bits per heavy atom. The highest BCUT2D eigenvalue weighted by molar-refractivity contribution is 6.29. The van der Waals surface area contributed by atoms with Gasteiger partial charge in [0.1, 0.15) is 5.15 Å². The van der Waals surface area contributed by atoms with E-state index in [1.165, 1.54) is 16.8 Å². The van der Waals surface area contributed by atoms with Gasteiger partial charge in [0.2, 0.25) is 5.95 Å². The number of halogens is 2. The van der Waals surface area contributed by atoms with Crippen LogP contribution in [0.5, 0.6) is 0 Å². The van der Waals surface area contributed by atoms with Crippen molar-refractivity contribution in [2.75, 3.05) is 0 Å². The van der Waals surface area contributed by atoms with Gasteiger partial charge < -0.3 is 0 Å². The zero-order valence-electron chi connectivity index (χ0n) is 5.33. The van der Waals surface area contributed by atoms with Crippen LogP contribution in [0, 0.1) is 5.95 Å². The molecule has 0 unspecified atom stereocenters. The molecule has 2 aromatic rings. The van der Waals surface area contributed by atoms with Gasteiger partial charge in [0, 0.05) is 12.3 Å². The number of rotatable bonds is 0. The summed E-state index contributed by atoms with van der Waals surface area (Å²) in [6.45, 7) is 0. The second-order valence-electron chi connectivity index (χ2n) is 2.00. The lowest BCUT2D eigenvalue weighted by Crippen LogP contribution is -1.90. The number of aromatic nitrogens is 3. The Labute approximate surface area is 66.4 Å². The van der Waals surface area contributed by atoms with Crippen molar-refractivity contribution in [1.29, 1.82) is 0 Å². The van der Waals surface area contributed by atoms with E-state index >= 15 is 0 Å². The molecule has 0 atom stereocenters. The van der Waals surface area contributed by atoms with Crippen LogP contribution in [0.15, 0.2) is 18.3 Å². The third kappa shape index (κ3) is 0.952. The van der Waals surface area contributed by atoms with E-state index < -0.39 is 5.95 Å². The molecule has 2 heterocycles. The molecule has 0 radical (unpaired) electrons. The molecule has 2 aromatic heterocycles. The molecule has 0 saturated carbocycles. The van der Waals surface area contributed by atoms with Crippen molar-refractivity contribution in [2.24, 2.45) is 0 Å². The average molecular weight is 172 g/mol. The number of nitrogens with zero attached hydrogens (tertiary/aromatic N) is 3. The van der Waals surface area contributed by atoms with Gasteiger partial charge in [-0.05, 0) is 6.07 Å². The maximum atomic E-state index is 12.5. The average Bonchev–Trinajstić information content (AvgIpc) is 2.31. The lowest BCUT2D eigenvalue weighted by Gasteiger charge is -1.91. The van der Waals surface area contributed by atoms with Crippen LogP contribution in [-0.4, -0.2) is 14.6 Å². The Morgan fingerprint density at radius 2 is 2.36 bits per heavy atom. The van der Waals surface area contributed by atoms with E-state index in [0.29, 0.717) is 10.8 Å². The summed E-state index contributed by atoms with van der Waals surface area (Å²) >= 11 is 5.66. The molecule has 0 bridgehead atoms. The summed E-state index contributed by atoms with van der Waals surface area (Å²) in [4.78, 5) is 3.84. The topological polar surface area (TPSA) is 30.2 Å². The molecule has 11 heavy (non-hydrogen) atoms. The van der Waals surface area contributed by atoms with E-state index in [1.54, 1.807) is 6.07 Å². The highest BCUT2D eigenvalue weighted by atomic mass is 35.5. The number of hydrogen-bond acceptors (Lipinski definition) is 2. The molecule has 2 rings (SSSR count). The first-order valence-corrected chi connectivity index (χ1v) is 3.31. The third-order valence-electron chi connectivity index (χ3n) is 1.28. The summed E-state index contributed by atoms with van der Waals surface area (Å²) < 4.78 is 13.7. The van der Waals surface area contributed by atoms with Crippen LogP contribution in [-0.2, 0) is 0 Å². The lowest BCUT2D eigenvalue weighted by atomic mass is 10.6. The molecule has 0 amide bonds. The number of hydrogen-bond donors (Lipinski definition) is 0. The fraction of sp³-hybridized carbons (Fsp3) is 0. The van der Waals surface area contributed by atoms with Gasteiger partial charge in [-0.2, -0.15) is 4.39 Å². The van der Waals surface area contributed by atoms with Crippen LogP contribution in [0.1, 0.15) is 0 Å². The molecular formula is C6H3ClFN3. The SMILES string of the molecule is Fc1cc2nccc(Cl)n2n1. The minimum absolute atomic E-state index is 0.346. The molecule has 5 heteroatoms. The van der Waals surface area contributed by atoms with Crippen molar-refractivity contribution in [3.8, 4) is 0 Å². The maximum Gasteiger partial charge on any atom is 0.235 e. The van der Waals surface area contributed by atoms with Crippen LogP contribution < -0.4 is 0 Å². The van der Waals surface area contributed by atoms with E-state index in [9.17, 15) is 4.39 Å². The molecule has 56 valence electrons. The molecular weight excluding hydrogens is 169 g/mol. The highest BCUT2D eigenvalue weighted by Gasteiger charge is 2.02. The fourth-order valence-electron chi connectivity index (χ4n) is 0.838. The van der Waals surface area contributed by atoms with E-state index in [2.05, 4.69) is 10.1 Å². The molecule has 0 saturated heterocycles. The molecule has 0 N–H and O–H groups in total. The zero-order valence-corrected chi connectivity index (χ0v) is 6.09. The van der Waals surface area contributed by atoms with E-state index in [0.717, 1.165) is 0 Å². The molecule has 0 spiro atoms. The second-order valence-corrected chi connectivity index (χ2v) is 2.39. The van der Waals surface area contributed by atoms with Crippen LogP contribution in [0.4, 0.5) is 4.39 Å². The van der Waals surface area contributed by atoms with Gasteiger partial charge in [-0.1, -0.05) is 11.6 Å². The zero-order chi connectivity index (χ0) is 7.84. The molecule has 0 aliphatic heterocycles.